The second-order valence-electron chi connectivity index (χ2n) is 11.5. The molecule has 246 valence electrons. The number of hydrogen-bond acceptors (Lipinski definition) is 8. The molecule has 2 heterocycles. The maximum absolute atomic E-state index is 14.2. The zero-order chi connectivity index (χ0) is 33.9. The molecular weight excluding hydrogens is 692 g/mol. The van der Waals surface area contributed by atoms with Gasteiger partial charge in [0.1, 0.15) is 18.4 Å². The molecule has 0 aliphatic carbocycles. The Kier molecular flexibility index (Phi) is 9.84. The van der Waals surface area contributed by atoms with E-state index in [0.29, 0.717) is 51.1 Å². The van der Waals surface area contributed by atoms with E-state index in [9.17, 15) is 9.59 Å². The molecule has 5 aromatic rings. The van der Waals surface area contributed by atoms with Gasteiger partial charge in [0, 0.05) is 10.0 Å². The van der Waals surface area contributed by atoms with Crippen LogP contribution in [0.2, 0.25) is 0 Å². The molecule has 8 nitrogen and oxygen atoms in total. The average Bonchev–Trinajstić information content (AvgIpc) is 3.37. The summed E-state index contributed by atoms with van der Waals surface area (Å²) in [6.45, 7) is 8.07. The Morgan fingerprint density at radius 1 is 1.00 bits per heavy atom. The molecular formula is C38H35BrN2O6S. The molecule has 1 aliphatic rings. The van der Waals surface area contributed by atoms with Crippen LogP contribution in [0.25, 0.3) is 16.8 Å². The van der Waals surface area contributed by atoms with E-state index in [-0.39, 0.29) is 17.2 Å². The zero-order valence-corrected chi connectivity index (χ0v) is 29.7. The van der Waals surface area contributed by atoms with Gasteiger partial charge in [-0.15, -0.1) is 0 Å². The standard InChI is InChI=1S/C38H35BrN2O6S/c1-6-45-32-18-24(14-16-31(32)46-21-26-12-9-11-25-10-7-8-13-28(25)26)19-33-36(42)41-35(29-20-27(39)15-17-30(29)44-5)34(37(43)47-22(2)3)23(4)40-38(41)48-33/h7-20,22,35H,6,21H2,1-5H3/b33-19-/t35-/m1/s1. The van der Waals surface area contributed by atoms with E-state index >= 15 is 0 Å². The molecule has 1 aromatic heterocycles. The van der Waals surface area contributed by atoms with Gasteiger partial charge in [0.15, 0.2) is 16.3 Å². The number of nitrogens with zero attached hydrogens (tertiary/aromatic N) is 2. The number of fused-ring (bicyclic) bond motifs is 2. The summed E-state index contributed by atoms with van der Waals surface area (Å²) in [5.74, 6) is 1.18. The van der Waals surface area contributed by atoms with Crippen LogP contribution < -0.4 is 29.1 Å². The fraction of sp³-hybridized carbons (Fsp3) is 0.237. The van der Waals surface area contributed by atoms with E-state index in [1.807, 2.05) is 61.5 Å². The summed E-state index contributed by atoms with van der Waals surface area (Å²) in [4.78, 5) is 32.9. The molecule has 6 rings (SSSR count). The summed E-state index contributed by atoms with van der Waals surface area (Å²) in [5.41, 5.74) is 2.94. The van der Waals surface area contributed by atoms with Crippen LogP contribution in [0.3, 0.4) is 0 Å². The Labute approximate surface area is 290 Å². The lowest BCUT2D eigenvalue weighted by Crippen LogP contribution is -2.40. The first-order chi connectivity index (χ1) is 23.2. The van der Waals surface area contributed by atoms with Crippen molar-refractivity contribution in [3.05, 3.63) is 131 Å². The normalized spacial score (nSPS) is 14.6. The predicted molar refractivity (Wildman–Crippen MR) is 192 cm³/mol. The molecule has 0 N–H and O–H groups in total. The van der Waals surface area contributed by atoms with E-state index in [2.05, 4.69) is 40.2 Å². The summed E-state index contributed by atoms with van der Waals surface area (Å²) in [7, 11) is 1.56. The first kappa shape index (κ1) is 33.2. The van der Waals surface area contributed by atoms with Crippen LogP contribution in [0.1, 0.15) is 50.4 Å². The molecule has 0 unspecified atom stereocenters. The van der Waals surface area contributed by atoms with Crippen molar-refractivity contribution in [3.8, 4) is 17.2 Å². The maximum atomic E-state index is 14.2. The monoisotopic (exact) mass is 726 g/mol. The molecule has 10 heteroatoms. The van der Waals surface area contributed by atoms with Crippen molar-refractivity contribution < 1.29 is 23.7 Å². The van der Waals surface area contributed by atoms with E-state index in [1.54, 1.807) is 38.5 Å². The Balaban J connectivity index is 1.41. The van der Waals surface area contributed by atoms with Crippen LogP contribution in [0.5, 0.6) is 17.2 Å². The van der Waals surface area contributed by atoms with Crippen LogP contribution in [-0.4, -0.2) is 30.4 Å². The van der Waals surface area contributed by atoms with Gasteiger partial charge in [-0.1, -0.05) is 75.8 Å². The number of esters is 1. The highest BCUT2D eigenvalue weighted by molar-refractivity contribution is 9.10. The SMILES string of the molecule is CCOc1cc(/C=c2\sc3n(c2=O)[C@H](c2cc(Br)ccc2OC)C(C(=O)OC(C)C)=C(C)N=3)ccc1OCc1cccc2ccccc12. The quantitative estimate of drug-likeness (QED) is 0.143. The molecule has 0 amide bonds. The molecule has 0 saturated carbocycles. The zero-order valence-electron chi connectivity index (χ0n) is 27.3. The minimum Gasteiger partial charge on any atom is -0.496 e. The highest BCUT2D eigenvalue weighted by Crippen LogP contribution is 2.37. The Morgan fingerprint density at radius 2 is 1.77 bits per heavy atom. The number of aromatic nitrogens is 1. The molecule has 1 atom stereocenters. The lowest BCUT2D eigenvalue weighted by molar-refractivity contribution is -0.143. The van der Waals surface area contributed by atoms with Gasteiger partial charge in [-0.2, -0.15) is 0 Å². The highest BCUT2D eigenvalue weighted by atomic mass is 79.9. The van der Waals surface area contributed by atoms with E-state index in [0.717, 1.165) is 26.4 Å². The van der Waals surface area contributed by atoms with Gasteiger partial charge in [-0.25, -0.2) is 9.79 Å². The summed E-state index contributed by atoms with van der Waals surface area (Å²) < 4.78 is 26.4. The highest BCUT2D eigenvalue weighted by Gasteiger charge is 2.35. The van der Waals surface area contributed by atoms with Crippen molar-refractivity contribution in [1.82, 2.24) is 4.57 Å². The minimum atomic E-state index is -0.814. The third kappa shape index (κ3) is 6.68. The van der Waals surface area contributed by atoms with Crippen molar-refractivity contribution in [2.45, 2.75) is 46.4 Å². The summed E-state index contributed by atoms with van der Waals surface area (Å²) in [6.07, 6.45) is 1.45. The average molecular weight is 728 g/mol. The number of thiazole rings is 1. The Hall–Kier alpha value is -4.67. The number of hydrogen-bond donors (Lipinski definition) is 0. The lowest BCUT2D eigenvalue weighted by Gasteiger charge is -2.26. The number of benzene rings is 4. The number of ether oxygens (including phenoxy) is 4. The molecule has 0 saturated heterocycles. The molecule has 0 spiro atoms. The largest absolute Gasteiger partial charge is 0.496 e. The molecule has 4 aromatic carbocycles. The van der Waals surface area contributed by atoms with Gasteiger partial charge in [0.05, 0.1) is 35.6 Å². The summed E-state index contributed by atoms with van der Waals surface area (Å²) in [6, 6.07) is 24.7. The van der Waals surface area contributed by atoms with Crippen LogP contribution in [0, 0.1) is 0 Å². The van der Waals surface area contributed by atoms with Crippen LogP contribution in [-0.2, 0) is 16.1 Å². The third-order valence-electron chi connectivity index (χ3n) is 7.90. The van der Waals surface area contributed by atoms with Crippen molar-refractivity contribution >= 4 is 50.1 Å². The van der Waals surface area contributed by atoms with Gasteiger partial charge in [0.2, 0.25) is 0 Å². The van der Waals surface area contributed by atoms with Crippen LogP contribution >= 0.6 is 27.3 Å². The fourth-order valence-corrected chi connectivity index (χ4v) is 7.23. The Bertz CT molecular complexity index is 2230. The molecule has 0 fully saturated rings. The first-order valence-corrected chi connectivity index (χ1v) is 17.2. The summed E-state index contributed by atoms with van der Waals surface area (Å²) >= 11 is 4.80. The van der Waals surface area contributed by atoms with Crippen molar-refractivity contribution in [2.24, 2.45) is 4.99 Å². The first-order valence-electron chi connectivity index (χ1n) is 15.6. The van der Waals surface area contributed by atoms with Crippen LogP contribution in [0.4, 0.5) is 0 Å². The number of methoxy groups -OCH3 is 1. The fourth-order valence-electron chi connectivity index (χ4n) is 5.80. The molecule has 48 heavy (non-hydrogen) atoms. The number of rotatable bonds is 10. The van der Waals surface area contributed by atoms with Gasteiger partial charge >= 0.3 is 5.97 Å². The predicted octanol–water partition coefficient (Wildman–Crippen LogP) is 7.09. The molecule has 0 radical (unpaired) electrons. The lowest BCUT2D eigenvalue weighted by atomic mass is 9.95. The van der Waals surface area contributed by atoms with Crippen molar-refractivity contribution in [2.75, 3.05) is 13.7 Å². The number of carbonyl (C=O) groups excluding carboxylic acids is 1. The number of allylic oxidation sites excluding steroid dienone is 1. The van der Waals surface area contributed by atoms with E-state index in [4.69, 9.17) is 23.9 Å². The second-order valence-corrected chi connectivity index (χ2v) is 13.4. The summed E-state index contributed by atoms with van der Waals surface area (Å²) in [5, 5.41) is 2.29. The number of halogens is 1. The van der Waals surface area contributed by atoms with Gasteiger partial charge < -0.3 is 18.9 Å². The second kappa shape index (κ2) is 14.2. The molecule has 1 aliphatic heterocycles. The van der Waals surface area contributed by atoms with Crippen molar-refractivity contribution in [3.63, 3.8) is 0 Å². The minimum absolute atomic E-state index is 0.283. The van der Waals surface area contributed by atoms with E-state index < -0.39 is 12.0 Å². The topological polar surface area (TPSA) is 88.4 Å². The third-order valence-corrected chi connectivity index (χ3v) is 9.38. The molecule has 0 bridgehead atoms. The number of carbonyl (C=O) groups is 1. The Morgan fingerprint density at radius 3 is 2.54 bits per heavy atom. The maximum Gasteiger partial charge on any atom is 0.338 e. The van der Waals surface area contributed by atoms with Gasteiger partial charge in [0.25, 0.3) is 5.56 Å². The van der Waals surface area contributed by atoms with E-state index in [1.165, 1.54) is 11.3 Å². The van der Waals surface area contributed by atoms with Crippen LogP contribution in [0.15, 0.2) is 104 Å². The van der Waals surface area contributed by atoms with Crippen molar-refractivity contribution in [1.29, 1.82) is 0 Å². The van der Waals surface area contributed by atoms with Gasteiger partial charge in [-0.05, 0) is 86.0 Å². The van der Waals surface area contributed by atoms with Gasteiger partial charge in [-0.3, -0.25) is 9.36 Å². The smallest absolute Gasteiger partial charge is 0.338 e.